The number of hydrazine groups is 1. The summed E-state index contributed by atoms with van der Waals surface area (Å²) in [5.41, 5.74) is 10.7. The molecular weight excluding hydrogens is 989 g/mol. The molecule has 1 spiro atoms. The van der Waals surface area contributed by atoms with Crippen molar-refractivity contribution in [3.05, 3.63) is 78.3 Å². The molecule has 4 atom stereocenters. The van der Waals surface area contributed by atoms with Gasteiger partial charge in [-0.2, -0.15) is 0 Å². The van der Waals surface area contributed by atoms with Crippen LogP contribution in [0.4, 0.5) is 10.5 Å². The molecule has 5 aliphatic rings. The van der Waals surface area contributed by atoms with Gasteiger partial charge in [0.1, 0.15) is 18.1 Å². The van der Waals surface area contributed by atoms with E-state index in [2.05, 4.69) is 88.7 Å². The van der Waals surface area contributed by atoms with Crippen LogP contribution in [0.1, 0.15) is 90.3 Å². The normalized spacial score (nSPS) is 22.1. The molecule has 0 aliphatic carbocycles. The SMILES string of the molecule is C=CC(=O)N1CN(C)C2(CCN(C(=O)N(C)[C@H](C(=O)N[C@H]3Cc4cccc(n4)-c4ccc5c(c4)c(c(-c4cc(N6CCN(C)CC6)cnc4[C@H](C)OC)n5CC)CC(C)(C)COC(=O)[C@@H]4CCCN(N4)C3=O)C(C)C)CC2)C1. The number of cyclic esters (lactones) is 1. The summed E-state index contributed by atoms with van der Waals surface area (Å²) in [5.74, 6) is -1.79. The molecule has 0 radical (unpaired) electrons. The first-order valence-electron chi connectivity index (χ1n) is 28.0. The maximum absolute atomic E-state index is 14.9. The largest absolute Gasteiger partial charge is 0.464 e. The summed E-state index contributed by atoms with van der Waals surface area (Å²) in [4.78, 5) is 93.2. The molecule has 1 aromatic carbocycles. The molecule has 2 N–H and O–H groups in total. The van der Waals surface area contributed by atoms with Crippen LogP contribution in [0.5, 0.6) is 0 Å². The predicted molar refractivity (Wildman–Crippen MR) is 301 cm³/mol. The third-order valence-electron chi connectivity index (χ3n) is 17.1. The number of benzene rings is 1. The van der Waals surface area contributed by atoms with Gasteiger partial charge in [-0.25, -0.2) is 10.2 Å². The van der Waals surface area contributed by atoms with Crippen LogP contribution >= 0.6 is 0 Å². The number of ether oxygens (including phenoxy) is 2. The average Bonchev–Trinajstić information content (AvgIpc) is 4.12. The molecule has 9 rings (SSSR count). The summed E-state index contributed by atoms with van der Waals surface area (Å²) in [6.45, 7) is 22.6. The molecule has 5 aliphatic heterocycles. The van der Waals surface area contributed by atoms with Crippen LogP contribution in [-0.2, 0) is 48.0 Å². The van der Waals surface area contributed by atoms with E-state index in [1.165, 1.54) is 16.0 Å². The number of carbonyl (C=O) groups excluding carboxylic acids is 5. The Morgan fingerprint density at radius 2 is 1.74 bits per heavy atom. The van der Waals surface area contributed by atoms with Gasteiger partial charge in [0.15, 0.2) is 0 Å². The number of nitrogens with zero attached hydrogens (tertiary/aromatic N) is 10. The van der Waals surface area contributed by atoms with Crippen molar-refractivity contribution in [3.63, 3.8) is 0 Å². The Hall–Kier alpha value is -6.41. The Morgan fingerprint density at radius 3 is 2.44 bits per heavy atom. The topological polar surface area (TPSA) is 181 Å². The Balaban J connectivity index is 1.06. The van der Waals surface area contributed by atoms with Crippen molar-refractivity contribution in [3.8, 4) is 22.5 Å². The summed E-state index contributed by atoms with van der Waals surface area (Å²) in [6.07, 6.45) is 5.94. The van der Waals surface area contributed by atoms with E-state index in [1.54, 1.807) is 24.0 Å². The van der Waals surface area contributed by atoms with Gasteiger partial charge in [-0.05, 0) is 108 Å². The van der Waals surface area contributed by atoms with Crippen LogP contribution in [0.3, 0.4) is 0 Å². The van der Waals surface area contributed by atoms with Crippen LogP contribution in [0, 0.1) is 11.3 Å². The fourth-order valence-electron chi connectivity index (χ4n) is 12.5. The fourth-order valence-corrected chi connectivity index (χ4v) is 12.5. The van der Waals surface area contributed by atoms with E-state index >= 15 is 0 Å². The molecule has 19 heteroatoms. The number of rotatable bonds is 10. The molecule has 4 saturated heterocycles. The Bertz CT molecular complexity index is 2900. The number of hydrogen-bond acceptors (Lipinski definition) is 13. The number of likely N-dealkylation sites (tertiary alicyclic amines) is 1. The maximum atomic E-state index is 14.9. The van der Waals surface area contributed by atoms with Crippen molar-refractivity contribution in [1.82, 2.24) is 54.8 Å². The monoisotopic (exact) mass is 1070 g/mol. The van der Waals surface area contributed by atoms with Gasteiger partial charge < -0.3 is 43.9 Å². The van der Waals surface area contributed by atoms with Crippen molar-refractivity contribution >= 4 is 46.3 Å². The van der Waals surface area contributed by atoms with E-state index in [1.807, 2.05) is 52.2 Å². The van der Waals surface area contributed by atoms with Gasteiger partial charge in [0.25, 0.3) is 5.91 Å². The number of pyridine rings is 2. The van der Waals surface area contributed by atoms with E-state index in [0.29, 0.717) is 82.9 Å². The second kappa shape index (κ2) is 23.1. The van der Waals surface area contributed by atoms with Crippen molar-refractivity contribution < 1.29 is 33.4 Å². The van der Waals surface area contributed by atoms with Crippen LogP contribution < -0.4 is 15.6 Å². The molecule has 4 fully saturated rings. The number of nitrogens with one attached hydrogen (secondary N) is 2. The molecule has 78 heavy (non-hydrogen) atoms. The molecule has 0 unspecified atom stereocenters. The van der Waals surface area contributed by atoms with Crippen molar-refractivity contribution in [2.45, 2.75) is 116 Å². The number of aromatic nitrogens is 3. The highest BCUT2D eigenvalue weighted by Gasteiger charge is 2.47. The lowest BCUT2D eigenvalue weighted by Crippen LogP contribution is -2.63. The van der Waals surface area contributed by atoms with Gasteiger partial charge in [0.05, 0.1) is 48.3 Å². The molecule has 8 heterocycles. The van der Waals surface area contributed by atoms with Crippen LogP contribution in [0.2, 0.25) is 0 Å². The molecule has 420 valence electrons. The lowest BCUT2D eigenvalue weighted by atomic mass is 9.84. The first-order chi connectivity index (χ1) is 37.2. The number of piperidine rings is 1. The van der Waals surface area contributed by atoms with E-state index in [0.717, 1.165) is 70.8 Å². The predicted octanol–water partition coefficient (Wildman–Crippen LogP) is 5.72. The van der Waals surface area contributed by atoms with Crippen molar-refractivity contribution in [1.29, 1.82) is 0 Å². The zero-order chi connectivity index (χ0) is 55.8. The Morgan fingerprint density at radius 1 is 1.00 bits per heavy atom. The number of methoxy groups -OCH3 is 1. The van der Waals surface area contributed by atoms with E-state index in [-0.39, 0.29) is 42.5 Å². The number of fused-ring (bicyclic) bond motifs is 6. The number of likely N-dealkylation sites (N-methyl/N-ethyl adjacent to an activating group) is 3. The van der Waals surface area contributed by atoms with Gasteiger partial charge in [-0.3, -0.25) is 39.1 Å². The van der Waals surface area contributed by atoms with Crippen LogP contribution in [0.15, 0.2) is 61.3 Å². The van der Waals surface area contributed by atoms with Gasteiger partial charge in [0.2, 0.25) is 11.8 Å². The molecule has 5 amide bonds. The number of esters is 1. The third kappa shape index (κ3) is 11.4. The standard InChI is InChI=1S/C59H82N12O7/c1-12-50(72)69-35-59(65(9)37-69)21-24-68(25-22-59)57(76)66(10)52(38(3)4)54(73)62-48-31-41-16-14-17-46(61-41)40-19-20-49-43(30-40)45(33-58(6,7)36-78-56(75)47-18-15-23-71(63-47)55(48)74)53(70(49)13-2)44-32-42(34-60-51(44)39(5)77-11)67-28-26-64(8)27-29-67/h12,14,16-17,19-20,30,32,34,38-39,47-48,52,63H,1,13,15,18,21-29,31,33,35-37H2,2-11H3,(H,62,73)/t39-,47-,48-,52-/m0/s1. The maximum Gasteiger partial charge on any atom is 0.324 e. The number of aryl methyl sites for hydroxylation is 1. The minimum Gasteiger partial charge on any atom is -0.464 e. The molecule has 19 nitrogen and oxygen atoms in total. The fraction of sp³-hybridized carbons (Fsp3) is 0.576. The summed E-state index contributed by atoms with van der Waals surface area (Å²) >= 11 is 0. The minimum absolute atomic E-state index is 0.0381. The summed E-state index contributed by atoms with van der Waals surface area (Å²) in [7, 11) is 7.52. The first-order valence-corrected chi connectivity index (χ1v) is 28.0. The number of amides is 5. The lowest BCUT2D eigenvalue weighted by Gasteiger charge is -2.44. The third-order valence-corrected chi connectivity index (χ3v) is 17.1. The highest BCUT2D eigenvalue weighted by atomic mass is 16.5. The van der Waals surface area contributed by atoms with Crippen LogP contribution in [-0.4, -0.2) is 191 Å². The van der Waals surface area contributed by atoms with Crippen molar-refractivity contribution in [2.24, 2.45) is 11.3 Å². The highest BCUT2D eigenvalue weighted by Crippen LogP contribution is 2.43. The zero-order valence-corrected chi connectivity index (χ0v) is 47.6. The number of anilines is 1. The van der Waals surface area contributed by atoms with E-state index in [4.69, 9.17) is 19.4 Å². The number of carbonyl (C=O) groups is 5. The number of piperazine rings is 1. The minimum atomic E-state index is -1.12. The Labute approximate surface area is 460 Å². The first kappa shape index (κ1) is 56.3. The average molecular weight is 1070 g/mol. The van der Waals surface area contributed by atoms with Crippen LogP contribution in [0.25, 0.3) is 33.4 Å². The molecular formula is C59H82N12O7. The quantitative estimate of drug-likeness (QED) is 0.146. The van der Waals surface area contributed by atoms with Gasteiger partial charge in [-0.1, -0.05) is 46.4 Å². The smallest absolute Gasteiger partial charge is 0.324 e. The summed E-state index contributed by atoms with van der Waals surface area (Å²) in [6, 6.07) is 11.4. The van der Waals surface area contributed by atoms with Crippen molar-refractivity contribution in [2.75, 3.05) is 98.8 Å². The second-order valence-corrected chi connectivity index (χ2v) is 23.5. The zero-order valence-electron chi connectivity index (χ0n) is 47.6. The lowest BCUT2D eigenvalue weighted by molar-refractivity contribution is -0.155. The second-order valence-electron chi connectivity index (χ2n) is 23.5. The number of urea groups is 1. The van der Waals surface area contributed by atoms with E-state index in [9.17, 15) is 24.0 Å². The summed E-state index contributed by atoms with van der Waals surface area (Å²) in [5, 5.41) is 5.57. The Kier molecular flexibility index (Phi) is 16.7. The molecule has 3 aromatic heterocycles. The van der Waals surface area contributed by atoms with Gasteiger partial charge >= 0.3 is 12.0 Å². The number of hydrogen-bond donors (Lipinski definition) is 2. The summed E-state index contributed by atoms with van der Waals surface area (Å²) < 4.78 is 14.6. The molecule has 0 saturated carbocycles. The van der Waals surface area contributed by atoms with E-state index < -0.39 is 41.3 Å². The molecule has 4 aromatic rings. The highest BCUT2D eigenvalue weighted by molar-refractivity contribution is 5.96. The molecule has 6 bridgehead atoms. The van der Waals surface area contributed by atoms with Gasteiger partial charge in [-0.15, -0.1) is 0 Å². The van der Waals surface area contributed by atoms with Gasteiger partial charge in [0, 0.05) is 118 Å².